The van der Waals surface area contributed by atoms with Gasteiger partial charge < -0.3 is 5.11 Å². The molecular weight excluding hydrogens is 160 g/mol. The normalized spacial score (nSPS) is 12.4. The lowest BCUT2D eigenvalue weighted by molar-refractivity contribution is 0.474. The maximum atomic E-state index is 9.08. The molecule has 13 heavy (non-hydrogen) atoms. The highest BCUT2D eigenvalue weighted by Gasteiger charge is 2.00. The largest absolute Gasteiger partial charge is 0.508 e. The average Bonchev–Trinajstić information content (AvgIpc) is 2.09. The zero-order chi connectivity index (χ0) is 9.68. The Morgan fingerprint density at radius 1 is 1.38 bits per heavy atom. The Balaban J connectivity index is 2.53. The van der Waals surface area contributed by atoms with Crippen molar-refractivity contribution >= 4 is 0 Å². The third kappa shape index (κ3) is 3.32. The maximum Gasteiger partial charge on any atom is 0.115 e. The Labute approximate surface area is 79.7 Å². The number of phenols is 1. The molecule has 1 unspecified atom stereocenters. The number of phenolic OH excluding ortho intramolecular Hbond substituents is 1. The van der Waals surface area contributed by atoms with Crippen molar-refractivity contribution in [3.05, 3.63) is 42.5 Å². The van der Waals surface area contributed by atoms with Crippen molar-refractivity contribution in [2.75, 3.05) is 0 Å². The van der Waals surface area contributed by atoms with Crippen LogP contribution in [0.3, 0.4) is 0 Å². The van der Waals surface area contributed by atoms with Crippen LogP contribution in [0.1, 0.15) is 18.9 Å². The Bertz CT molecular complexity index is 261. The lowest BCUT2D eigenvalue weighted by Gasteiger charge is -2.08. The zero-order valence-electron chi connectivity index (χ0n) is 8.03. The van der Waals surface area contributed by atoms with Gasteiger partial charge in [-0.15, -0.1) is 6.58 Å². The van der Waals surface area contributed by atoms with E-state index in [9.17, 15) is 0 Å². The van der Waals surface area contributed by atoms with Gasteiger partial charge in [-0.1, -0.05) is 25.1 Å². The molecule has 1 rings (SSSR count). The highest BCUT2D eigenvalue weighted by Crippen LogP contribution is 2.15. The summed E-state index contributed by atoms with van der Waals surface area (Å²) >= 11 is 0. The third-order valence-electron chi connectivity index (χ3n) is 2.09. The number of allylic oxidation sites excluding steroid dienone is 1. The molecule has 0 saturated carbocycles. The van der Waals surface area contributed by atoms with E-state index in [0.29, 0.717) is 11.7 Å². The van der Waals surface area contributed by atoms with Crippen LogP contribution in [0.25, 0.3) is 0 Å². The SMILES string of the molecule is C=CCC(C)Cc1ccc(O)cc1. The number of aromatic hydroxyl groups is 1. The molecule has 0 radical (unpaired) electrons. The predicted molar refractivity (Wildman–Crippen MR) is 55.8 cm³/mol. The van der Waals surface area contributed by atoms with Crippen LogP contribution in [-0.4, -0.2) is 5.11 Å². The van der Waals surface area contributed by atoms with E-state index in [1.807, 2.05) is 18.2 Å². The molecule has 70 valence electrons. The molecule has 1 atom stereocenters. The molecule has 0 aliphatic heterocycles. The van der Waals surface area contributed by atoms with Gasteiger partial charge >= 0.3 is 0 Å². The Hall–Kier alpha value is -1.24. The van der Waals surface area contributed by atoms with E-state index >= 15 is 0 Å². The fraction of sp³-hybridized carbons (Fsp3) is 0.333. The van der Waals surface area contributed by atoms with E-state index < -0.39 is 0 Å². The summed E-state index contributed by atoms with van der Waals surface area (Å²) in [7, 11) is 0. The molecule has 0 aliphatic carbocycles. The van der Waals surface area contributed by atoms with Gasteiger partial charge in [0.2, 0.25) is 0 Å². The van der Waals surface area contributed by atoms with Crippen LogP contribution in [-0.2, 0) is 6.42 Å². The molecule has 0 bridgehead atoms. The van der Waals surface area contributed by atoms with E-state index in [-0.39, 0.29) is 0 Å². The molecule has 1 nitrogen and oxygen atoms in total. The summed E-state index contributed by atoms with van der Waals surface area (Å²) in [6.45, 7) is 5.92. The minimum atomic E-state index is 0.333. The molecule has 1 aromatic carbocycles. The van der Waals surface area contributed by atoms with E-state index in [0.717, 1.165) is 12.8 Å². The topological polar surface area (TPSA) is 20.2 Å². The fourth-order valence-electron chi connectivity index (χ4n) is 1.40. The van der Waals surface area contributed by atoms with Gasteiger partial charge in [-0.05, 0) is 36.5 Å². The van der Waals surface area contributed by atoms with Gasteiger partial charge in [-0.3, -0.25) is 0 Å². The molecular formula is C12H16O. The molecule has 0 amide bonds. The first kappa shape index (κ1) is 9.85. The molecule has 0 aliphatic rings. The van der Waals surface area contributed by atoms with Gasteiger partial charge in [-0.25, -0.2) is 0 Å². The second-order valence-corrected chi connectivity index (χ2v) is 3.50. The second-order valence-electron chi connectivity index (χ2n) is 3.50. The van der Waals surface area contributed by atoms with E-state index in [2.05, 4.69) is 13.5 Å². The summed E-state index contributed by atoms with van der Waals surface area (Å²) in [6.07, 6.45) is 4.04. The molecule has 0 saturated heterocycles. The van der Waals surface area contributed by atoms with Crippen LogP contribution in [0, 0.1) is 5.92 Å². The summed E-state index contributed by atoms with van der Waals surface area (Å²) < 4.78 is 0. The fourth-order valence-corrected chi connectivity index (χ4v) is 1.40. The Morgan fingerprint density at radius 3 is 2.54 bits per heavy atom. The summed E-state index contributed by atoms with van der Waals surface area (Å²) in [5.41, 5.74) is 1.27. The summed E-state index contributed by atoms with van der Waals surface area (Å²) in [5, 5.41) is 9.08. The highest BCUT2D eigenvalue weighted by atomic mass is 16.3. The molecule has 0 aromatic heterocycles. The second kappa shape index (κ2) is 4.70. The van der Waals surface area contributed by atoms with Crippen LogP contribution in [0.4, 0.5) is 0 Å². The van der Waals surface area contributed by atoms with Crippen molar-refractivity contribution in [1.29, 1.82) is 0 Å². The van der Waals surface area contributed by atoms with Crippen molar-refractivity contribution in [3.8, 4) is 5.75 Å². The van der Waals surface area contributed by atoms with Crippen LogP contribution in [0.5, 0.6) is 5.75 Å². The van der Waals surface area contributed by atoms with Gasteiger partial charge in [0.1, 0.15) is 5.75 Å². The molecule has 1 aromatic rings. The number of hydrogen-bond acceptors (Lipinski definition) is 1. The van der Waals surface area contributed by atoms with Gasteiger partial charge in [-0.2, -0.15) is 0 Å². The summed E-state index contributed by atoms with van der Waals surface area (Å²) in [6, 6.07) is 7.40. The standard InChI is InChI=1S/C12H16O/c1-3-4-10(2)9-11-5-7-12(13)8-6-11/h3,5-8,10,13H,1,4,9H2,2H3. The van der Waals surface area contributed by atoms with Crippen LogP contribution < -0.4 is 0 Å². The predicted octanol–water partition coefficient (Wildman–Crippen LogP) is 3.15. The zero-order valence-corrected chi connectivity index (χ0v) is 8.03. The highest BCUT2D eigenvalue weighted by molar-refractivity contribution is 5.26. The molecule has 0 fully saturated rings. The molecule has 0 heterocycles. The van der Waals surface area contributed by atoms with Crippen molar-refractivity contribution in [3.63, 3.8) is 0 Å². The van der Waals surface area contributed by atoms with E-state index in [4.69, 9.17) is 5.11 Å². The summed E-state index contributed by atoms with van der Waals surface area (Å²) in [4.78, 5) is 0. The van der Waals surface area contributed by atoms with E-state index in [1.165, 1.54) is 5.56 Å². The molecule has 0 spiro atoms. The quantitative estimate of drug-likeness (QED) is 0.699. The number of rotatable bonds is 4. The number of hydrogen-bond donors (Lipinski definition) is 1. The van der Waals surface area contributed by atoms with Gasteiger partial charge in [0.05, 0.1) is 0 Å². The summed E-state index contributed by atoms with van der Waals surface area (Å²) in [5.74, 6) is 0.960. The van der Waals surface area contributed by atoms with Crippen molar-refractivity contribution < 1.29 is 5.11 Å². The molecule has 1 N–H and O–H groups in total. The van der Waals surface area contributed by atoms with Gasteiger partial charge in [0.15, 0.2) is 0 Å². The van der Waals surface area contributed by atoms with Crippen LogP contribution in [0.2, 0.25) is 0 Å². The van der Waals surface area contributed by atoms with Crippen LogP contribution in [0.15, 0.2) is 36.9 Å². The first-order valence-electron chi connectivity index (χ1n) is 4.61. The maximum absolute atomic E-state index is 9.08. The van der Waals surface area contributed by atoms with Gasteiger partial charge in [0, 0.05) is 0 Å². The Morgan fingerprint density at radius 2 is 2.00 bits per heavy atom. The van der Waals surface area contributed by atoms with Crippen molar-refractivity contribution in [1.82, 2.24) is 0 Å². The first-order chi connectivity index (χ1) is 6.22. The number of benzene rings is 1. The van der Waals surface area contributed by atoms with E-state index in [1.54, 1.807) is 12.1 Å². The monoisotopic (exact) mass is 176 g/mol. The lowest BCUT2D eigenvalue weighted by atomic mass is 9.98. The minimum Gasteiger partial charge on any atom is -0.508 e. The minimum absolute atomic E-state index is 0.333. The first-order valence-corrected chi connectivity index (χ1v) is 4.61. The third-order valence-corrected chi connectivity index (χ3v) is 2.09. The van der Waals surface area contributed by atoms with Crippen molar-refractivity contribution in [2.24, 2.45) is 5.92 Å². The molecule has 1 heteroatoms. The van der Waals surface area contributed by atoms with Crippen molar-refractivity contribution in [2.45, 2.75) is 19.8 Å². The Kier molecular flexibility index (Phi) is 3.56. The smallest absolute Gasteiger partial charge is 0.115 e. The van der Waals surface area contributed by atoms with Gasteiger partial charge in [0.25, 0.3) is 0 Å². The lowest BCUT2D eigenvalue weighted by Crippen LogP contribution is -1.97. The average molecular weight is 176 g/mol. The van der Waals surface area contributed by atoms with Crippen LogP contribution >= 0.6 is 0 Å².